The molecule has 0 fully saturated rings. The normalized spacial score (nSPS) is 13.0. The van der Waals surface area contributed by atoms with Crippen LogP contribution in [0.25, 0.3) is 5.57 Å². The van der Waals surface area contributed by atoms with E-state index in [0.29, 0.717) is 17.7 Å². The number of aliphatic hydroxyl groups is 1. The SMILES string of the molecule is C/C(=C\CO)c1cccc(OCc2cc(C(F)(F)F)cc(C(F)(F)F)c2)c1. The Hall–Kier alpha value is -2.48. The summed E-state index contributed by atoms with van der Waals surface area (Å²) in [5.74, 6) is 0.282. The molecule has 0 unspecified atom stereocenters. The van der Waals surface area contributed by atoms with E-state index in [1.165, 1.54) is 6.07 Å². The van der Waals surface area contributed by atoms with Gasteiger partial charge in [0.15, 0.2) is 0 Å². The standard InChI is InChI=1S/C19H16F6O2/c1-12(5-6-26)14-3-2-4-17(9-14)27-11-13-7-15(18(20,21)22)10-16(8-13)19(23,24)25/h2-5,7-10,26H,6,11H2,1H3/b12-5+. The van der Waals surface area contributed by atoms with Crippen LogP contribution in [0.3, 0.4) is 0 Å². The fourth-order valence-electron chi connectivity index (χ4n) is 2.36. The highest BCUT2D eigenvalue weighted by Gasteiger charge is 2.36. The first-order chi connectivity index (χ1) is 12.5. The Bertz CT molecular complexity index is 789. The first-order valence-electron chi connectivity index (χ1n) is 7.80. The van der Waals surface area contributed by atoms with Crippen molar-refractivity contribution in [2.75, 3.05) is 6.61 Å². The summed E-state index contributed by atoms with van der Waals surface area (Å²) in [5.41, 5.74) is -1.55. The molecular weight excluding hydrogens is 374 g/mol. The van der Waals surface area contributed by atoms with Crippen molar-refractivity contribution in [1.29, 1.82) is 0 Å². The van der Waals surface area contributed by atoms with Gasteiger partial charge in [-0.1, -0.05) is 18.2 Å². The highest BCUT2D eigenvalue weighted by molar-refractivity contribution is 5.64. The van der Waals surface area contributed by atoms with Gasteiger partial charge in [0.25, 0.3) is 0 Å². The first kappa shape index (κ1) is 20.8. The van der Waals surface area contributed by atoms with Gasteiger partial charge in [0.05, 0.1) is 17.7 Å². The summed E-state index contributed by atoms with van der Waals surface area (Å²) in [7, 11) is 0. The zero-order valence-corrected chi connectivity index (χ0v) is 14.2. The van der Waals surface area contributed by atoms with Crippen LogP contribution in [0.1, 0.15) is 29.2 Å². The minimum Gasteiger partial charge on any atom is -0.489 e. The maximum Gasteiger partial charge on any atom is 0.416 e. The maximum absolute atomic E-state index is 12.9. The summed E-state index contributed by atoms with van der Waals surface area (Å²) >= 11 is 0. The number of aliphatic hydroxyl groups excluding tert-OH is 1. The lowest BCUT2D eigenvalue weighted by molar-refractivity contribution is -0.143. The van der Waals surface area contributed by atoms with Crippen molar-refractivity contribution < 1.29 is 36.2 Å². The molecule has 2 nitrogen and oxygen atoms in total. The number of ether oxygens (including phenoxy) is 1. The molecule has 2 aromatic rings. The van der Waals surface area contributed by atoms with E-state index in [-0.39, 0.29) is 24.0 Å². The molecule has 27 heavy (non-hydrogen) atoms. The highest BCUT2D eigenvalue weighted by atomic mass is 19.4. The van der Waals surface area contributed by atoms with Crippen LogP contribution in [0, 0.1) is 0 Å². The second-order valence-corrected chi connectivity index (χ2v) is 5.80. The van der Waals surface area contributed by atoms with E-state index in [4.69, 9.17) is 9.84 Å². The Kier molecular flexibility index (Phi) is 6.20. The van der Waals surface area contributed by atoms with Gasteiger partial charge in [0.1, 0.15) is 12.4 Å². The highest BCUT2D eigenvalue weighted by Crippen LogP contribution is 2.36. The van der Waals surface area contributed by atoms with E-state index in [1.54, 1.807) is 31.2 Å². The number of benzene rings is 2. The number of alkyl halides is 6. The molecule has 2 rings (SSSR count). The van der Waals surface area contributed by atoms with Crippen molar-refractivity contribution in [2.24, 2.45) is 0 Å². The average Bonchev–Trinajstić information content (AvgIpc) is 2.58. The van der Waals surface area contributed by atoms with Gasteiger partial charge in [-0.15, -0.1) is 0 Å². The Morgan fingerprint density at radius 2 is 1.56 bits per heavy atom. The van der Waals surface area contributed by atoms with E-state index in [0.717, 1.165) is 5.57 Å². The van der Waals surface area contributed by atoms with Crippen LogP contribution in [0.2, 0.25) is 0 Å². The van der Waals surface area contributed by atoms with Crippen molar-refractivity contribution in [3.05, 3.63) is 70.8 Å². The lowest BCUT2D eigenvalue weighted by Crippen LogP contribution is -2.12. The molecule has 0 heterocycles. The molecule has 0 radical (unpaired) electrons. The Morgan fingerprint density at radius 1 is 0.963 bits per heavy atom. The summed E-state index contributed by atoms with van der Waals surface area (Å²) in [6.07, 6.45) is -8.24. The van der Waals surface area contributed by atoms with Gasteiger partial charge in [-0.2, -0.15) is 26.3 Å². The number of hydrogen-bond acceptors (Lipinski definition) is 2. The number of rotatable bonds is 5. The molecule has 0 aliphatic rings. The predicted molar refractivity (Wildman–Crippen MR) is 88.0 cm³/mol. The number of hydrogen-bond donors (Lipinski definition) is 1. The van der Waals surface area contributed by atoms with Gasteiger partial charge in [-0.25, -0.2) is 0 Å². The molecule has 0 aromatic heterocycles. The van der Waals surface area contributed by atoms with E-state index < -0.39 is 30.1 Å². The molecule has 0 atom stereocenters. The molecule has 0 saturated carbocycles. The molecule has 8 heteroatoms. The Labute approximate surface area is 151 Å². The molecule has 0 bridgehead atoms. The van der Waals surface area contributed by atoms with E-state index in [9.17, 15) is 26.3 Å². The molecular formula is C19H16F6O2. The van der Waals surface area contributed by atoms with Crippen LogP contribution in [-0.2, 0) is 19.0 Å². The summed E-state index contributed by atoms with van der Waals surface area (Å²) in [4.78, 5) is 0. The summed E-state index contributed by atoms with van der Waals surface area (Å²) in [5, 5.41) is 8.91. The van der Waals surface area contributed by atoms with Crippen molar-refractivity contribution in [3.63, 3.8) is 0 Å². The second-order valence-electron chi connectivity index (χ2n) is 5.80. The van der Waals surface area contributed by atoms with Crippen LogP contribution in [-0.4, -0.2) is 11.7 Å². The zero-order valence-electron chi connectivity index (χ0n) is 14.2. The van der Waals surface area contributed by atoms with Crippen molar-refractivity contribution in [1.82, 2.24) is 0 Å². The van der Waals surface area contributed by atoms with Gasteiger partial charge in [-0.05, 0) is 54.0 Å². The minimum atomic E-state index is -4.90. The van der Waals surface area contributed by atoms with Crippen molar-refractivity contribution in [2.45, 2.75) is 25.9 Å². The first-order valence-corrected chi connectivity index (χ1v) is 7.80. The molecule has 1 N–H and O–H groups in total. The third kappa shape index (κ3) is 5.75. The smallest absolute Gasteiger partial charge is 0.416 e. The number of halogens is 6. The predicted octanol–water partition coefficient (Wildman–Crippen LogP) is 5.70. The van der Waals surface area contributed by atoms with Crippen molar-refractivity contribution in [3.8, 4) is 5.75 Å². The fourth-order valence-corrected chi connectivity index (χ4v) is 2.36. The Balaban J connectivity index is 2.28. The maximum atomic E-state index is 12.9. The van der Waals surface area contributed by atoms with Crippen LogP contribution in [0.5, 0.6) is 5.75 Å². The third-order valence-corrected chi connectivity index (χ3v) is 3.74. The van der Waals surface area contributed by atoms with E-state index in [2.05, 4.69) is 0 Å². The van der Waals surface area contributed by atoms with Gasteiger partial charge >= 0.3 is 12.4 Å². The molecule has 146 valence electrons. The fraction of sp³-hybridized carbons (Fsp3) is 0.263. The molecule has 0 spiro atoms. The topological polar surface area (TPSA) is 29.5 Å². The van der Waals surface area contributed by atoms with Crippen LogP contribution in [0.15, 0.2) is 48.5 Å². The molecule has 0 aliphatic carbocycles. The molecule has 0 saturated heterocycles. The zero-order chi connectivity index (χ0) is 20.2. The van der Waals surface area contributed by atoms with Gasteiger partial charge in [-0.3, -0.25) is 0 Å². The van der Waals surface area contributed by atoms with Crippen LogP contribution < -0.4 is 4.74 Å². The quantitative estimate of drug-likeness (QED) is 0.664. The second kappa shape index (κ2) is 8.04. The number of allylic oxidation sites excluding steroid dienone is 1. The largest absolute Gasteiger partial charge is 0.489 e. The molecule has 2 aromatic carbocycles. The van der Waals surface area contributed by atoms with Gasteiger partial charge in [0, 0.05) is 0 Å². The average molecular weight is 390 g/mol. The van der Waals surface area contributed by atoms with E-state index in [1.807, 2.05) is 0 Å². The lowest BCUT2D eigenvalue weighted by atomic mass is 10.0. The molecule has 0 amide bonds. The summed E-state index contributed by atoms with van der Waals surface area (Å²) in [6.45, 7) is 1.12. The van der Waals surface area contributed by atoms with Crippen molar-refractivity contribution >= 4 is 5.57 Å². The molecule has 0 aliphatic heterocycles. The Morgan fingerprint density at radius 3 is 2.07 bits per heavy atom. The summed E-state index contributed by atoms with van der Waals surface area (Å²) < 4.78 is 82.6. The van der Waals surface area contributed by atoms with Gasteiger partial charge < -0.3 is 9.84 Å². The monoisotopic (exact) mass is 390 g/mol. The van der Waals surface area contributed by atoms with Gasteiger partial charge in [0.2, 0.25) is 0 Å². The third-order valence-electron chi connectivity index (χ3n) is 3.74. The minimum absolute atomic E-state index is 0.0766. The lowest BCUT2D eigenvalue weighted by Gasteiger charge is -2.15. The summed E-state index contributed by atoms with van der Waals surface area (Å²) in [6, 6.07) is 7.83. The van der Waals surface area contributed by atoms with E-state index >= 15 is 0 Å². The van der Waals surface area contributed by atoms with Crippen LogP contribution >= 0.6 is 0 Å². The van der Waals surface area contributed by atoms with Crippen LogP contribution in [0.4, 0.5) is 26.3 Å².